The van der Waals surface area contributed by atoms with Gasteiger partial charge in [-0.3, -0.25) is 9.78 Å². The molecule has 0 saturated carbocycles. The summed E-state index contributed by atoms with van der Waals surface area (Å²) in [7, 11) is 0. The summed E-state index contributed by atoms with van der Waals surface area (Å²) < 4.78 is 24.8. The van der Waals surface area contributed by atoms with Crippen molar-refractivity contribution in [3.8, 4) is 0 Å². The van der Waals surface area contributed by atoms with Crippen molar-refractivity contribution in [2.75, 3.05) is 0 Å². The number of hydrogen-bond acceptors (Lipinski definition) is 2. The van der Waals surface area contributed by atoms with Crippen LogP contribution in [0.15, 0.2) is 6.20 Å². The Hall–Kier alpha value is -0.840. The Morgan fingerprint density at radius 3 is 2.71 bits per heavy atom. The van der Waals surface area contributed by atoms with E-state index < -0.39 is 6.43 Å². The molecule has 0 aliphatic carbocycles. The number of pyridine rings is 1. The molecule has 0 unspecified atom stereocenters. The zero-order valence-electron chi connectivity index (χ0n) is 7.43. The first-order valence-electron chi connectivity index (χ1n) is 3.89. The molecule has 0 aliphatic heterocycles. The maximum absolute atomic E-state index is 12.4. The summed E-state index contributed by atoms with van der Waals surface area (Å²) in [5.74, 6) is 0. The van der Waals surface area contributed by atoms with Crippen molar-refractivity contribution in [1.82, 2.24) is 4.98 Å². The van der Waals surface area contributed by atoms with Crippen LogP contribution >= 0.6 is 15.9 Å². The number of halogens is 3. The van der Waals surface area contributed by atoms with Gasteiger partial charge in [0.15, 0.2) is 6.29 Å². The molecule has 0 radical (unpaired) electrons. The Kier molecular flexibility index (Phi) is 3.69. The fraction of sp³-hybridized carbons (Fsp3) is 0.333. The van der Waals surface area contributed by atoms with Crippen LogP contribution in [0, 0.1) is 6.92 Å². The molecule has 0 amide bonds. The number of rotatable bonds is 3. The predicted molar refractivity (Wildman–Crippen MR) is 51.9 cm³/mol. The van der Waals surface area contributed by atoms with Crippen molar-refractivity contribution in [3.63, 3.8) is 0 Å². The zero-order valence-corrected chi connectivity index (χ0v) is 9.01. The Morgan fingerprint density at radius 1 is 1.64 bits per heavy atom. The van der Waals surface area contributed by atoms with Crippen molar-refractivity contribution in [1.29, 1.82) is 0 Å². The molecule has 76 valence electrons. The van der Waals surface area contributed by atoms with E-state index in [1.165, 1.54) is 13.1 Å². The summed E-state index contributed by atoms with van der Waals surface area (Å²) in [6.07, 6.45) is -0.808. The highest BCUT2D eigenvalue weighted by molar-refractivity contribution is 9.08. The van der Waals surface area contributed by atoms with Crippen molar-refractivity contribution in [3.05, 3.63) is 28.6 Å². The van der Waals surface area contributed by atoms with Crippen molar-refractivity contribution in [2.45, 2.75) is 18.7 Å². The summed E-state index contributed by atoms with van der Waals surface area (Å²) in [4.78, 5) is 14.1. The third-order valence-electron chi connectivity index (χ3n) is 2.00. The van der Waals surface area contributed by atoms with Crippen LogP contribution in [0.1, 0.15) is 33.6 Å². The molecular weight excluding hydrogens is 256 g/mol. The highest BCUT2D eigenvalue weighted by atomic mass is 79.9. The smallest absolute Gasteiger partial charge is 0.280 e. The van der Waals surface area contributed by atoms with Crippen LogP contribution < -0.4 is 0 Å². The summed E-state index contributed by atoms with van der Waals surface area (Å²) in [5, 5.41) is 0.370. The van der Waals surface area contributed by atoms with Gasteiger partial charge in [0.1, 0.15) is 5.69 Å². The molecule has 0 spiro atoms. The van der Waals surface area contributed by atoms with Gasteiger partial charge in [-0.15, -0.1) is 0 Å². The molecule has 1 aromatic heterocycles. The van der Waals surface area contributed by atoms with E-state index >= 15 is 0 Å². The van der Waals surface area contributed by atoms with Gasteiger partial charge in [-0.2, -0.15) is 0 Å². The zero-order chi connectivity index (χ0) is 10.7. The van der Waals surface area contributed by atoms with E-state index in [4.69, 9.17) is 0 Å². The molecule has 5 heteroatoms. The average molecular weight is 264 g/mol. The first-order chi connectivity index (χ1) is 6.61. The second-order valence-electron chi connectivity index (χ2n) is 2.75. The van der Waals surface area contributed by atoms with E-state index in [1.807, 2.05) is 0 Å². The number of aldehydes is 1. The van der Waals surface area contributed by atoms with Crippen molar-refractivity contribution >= 4 is 22.2 Å². The van der Waals surface area contributed by atoms with Crippen LogP contribution in [0.3, 0.4) is 0 Å². The molecule has 0 aromatic carbocycles. The average Bonchev–Trinajstić information content (AvgIpc) is 2.16. The van der Waals surface area contributed by atoms with Gasteiger partial charge in [0.2, 0.25) is 0 Å². The molecule has 0 aliphatic rings. The lowest BCUT2D eigenvalue weighted by Crippen LogP contribution is -2.02. The highest BCUT2D eigenvalue weighted by Gasteiger charge is 2.16. The van der Waals surface area contributed by atoms with Gasteiger partial charge >= 0.3 is 0 Å². The molecule has 0 fully saturated rings. The Morgan fingerprint density at radius 2 is 2.29 bits per heavy atom. The molecule has 1 heterocycles. The summed E-state index contributed by atoms with van der Waals surface area (Å²) in [6, 6.07) is 0. The lowest BCUT2D eigenvalue weighted by molar-refractivity contribution is 0.112. The largest absolute Gasteiger partial charge is 0.298 e. The van der Waals surface area contributed by atoms with Gasteiger partial charge in [0.05, 0.1) is 0 Å². The molecule has 0 bridgehead atoms. The van der Waals surface area contributed by atoms with Gasteiger partial charge in [0.25, 0.3) is 6.43 Å². The molecule has 2 nitrogen and oxygen atoms in total. The Labute approximate surface area is 88.5 Å². The molecule has 14 heavy (non-hydrogen) atoms. The molecule has 0 saturated heterocycles. The van der Waals surface area contributed by atoms with Crippen LogP contribution in [0.25, 0.3) is 0 Å². The molecule has 1 aromatic rings. The minimum absolute atomic E-state index is 0.259. The number of hydrogen-bond donors (Lipinski definition) is 0. The maximum Gasteiger partial charge on any atom is 0.280 e. The topological polar surface area (TPSA) is 30.0 Å². The number of carbonyl (C=O) groups excluding carboxylic acids is 1. The number of carbonyl (C=O) groups is 1. The fourth-order valence-electron chi connectivity index (χ4n) is 1.18. The third-order valence-corrected chi connectivity index (χ3v) is 2.56. The maximum atomic E-state index is 12.4. The van der Waals surface area contributed by atoms with Gasteiger partial charge in [-0.1, -0.05) is 15.9 Å². The molecule has 0 atom stereocenters. The summed E-state index contributed by atoms with van der Waals surface area (Å²) in [5.41, 5.74) is 1.04. The summed E-state index contributed by atoms with van der Waals surface area (Å²) in [6.45, 7) is 1.54. The van der Waals surface area contributed by atoms with Gasteiger partial charge in [-0.25, -0.2) is 8.78 Å². The molecular formula is C9H8BrF2NO. The van der Waals surface area contributed by atoms with E-state index in [0.29, 0.717) is 28.3 Å². The first kappa shape index (κ1) is 11.2. The quantitative estimate of drug-likeness (QED) is 0.620. The third kappa shape index (κ3) is 1.97. The number of alkyl halides is 3. The second-order valence-corrected chi connectivity index (χ2v) is 3.32. The lowest BCUT2D eigenvalue weighted by atomic mass is 10.0. The Bertz CT molecular complexity index is 355. The van der Waals surface area contributed by atoms with E-state index in [-0.39, 0.29) is 5.69 Å². The van der Waals surface area contributed by atoms with Crippen LogP contribution in [0.2, 0.25) is 0 Å². The first-order valence-corrected chi connectivity index (χ1v) is 5.01. The normalized spacial score (nSPS) is 10.6. The highest BCUT2D eigenvalue weighted by Crippen LogP contribution is 2.25. The molecule has 0 N–H and O–H groups in total. The Balaban J connectivity index is 3.34. The predicted octanol–water partition coefficient (Wildman–Crippen LogP) is 3.04. The monoisotopic (exact) mass is 263 g/mol. The fourth-order valence-corrected chi connectivity index (χ4v) is 1.93. The van der Waals surface area contributed by atoms with E-state index in [2.05, 4.69) is 20.9 Å². The van der Waals surface area contributed by atoms with E-state index in [9.17, 15) is 13.6 Å². The van der Waals surface area contributed by atoms with Crippen molar-refractivity contribution in [2.24, 2.45) is 0 Å². The van der Waals surface area contributed by atoms with Crippen LogP contribution in [0.4, 0.5) is 8.78 Å². The molecule has 1 rings (SSSR count). The van der Waals surface area contributed by atoms with Gasteiger partial charge < -0.3 is 0 Å². The standard InChI is InChI=1S/C9H8BrF2NO/c1-5-7(2-10)6(4-14)3-13-8(5)9(11)12/h3-4,9H,2H2,1H3. The van der Waals surface area contributed by atoms with Gasteiger partial charge in [-0.05, 0) is 18.1 Å². The second kappa shape index (κ2) is 4.59. The minimum atomic E-state index is -2.60. The van der Waals surface area contributed by atoms with Crippen LogP contribution in [0.5, 0.6) is 0 Å². The van der Waals surface area contributed by atoms with Crippen LogP contribution in [-0.4, -0.2) is 11.3 Å². The number of aromatic nitrogens is 1. The van der Waals surface area contributed by atoms with Gasteiger partial charge in [0, 0.05) is 17.1 Å². The summed E-state index contributed by atoms with van der Waals surface area (Å²) >= 11 is 3.15. The SMILES string of the molecule is Cc1c(C(F)F)ncc(C=O)c1CBr. The minimum Gasteiger partial charge on any atom is -0.298 e. The van der Waals surface area contributed by atoms with E-state index in [0.717, 1.165) is 0 Å². The van der Waals surface area contributed by atoms with Crippen molar-refractivity contribution < 1.29 is 13.6 Å². The van der Waals surface area contributed by atoms with E-state index in [1.54, 1.807) is 0 Å². The lowest BCUT2D eigenvalue weighted by Gasteiger charge is -2.09. The van der Waals surface area contributed by atoms with Crippen LogP contribution in [-0.2, 0) is 5.33 Å². The number of nitrogens with zero attached hydrogens (tertiary/aromatic N) is 1.